The molecule has 1 heterocycles. The molecule has 1 unspecified atom stereocenters. The summed E-state index contributed by atoms with van der Waals surface area (Å²) in [6, 6.07) is 3.88. The molecule has 0 amide bonds. The van der Waals surface area contributed by atoms with Crippen LogP contribution in [0.15, 0.2) is 18.3 Å². The predicted octanol–water partition coefficient (Wildman–Crippen LogP) is 1.59. The molecule has 0 saturated carbocycles. The molecule has 2 N–H and O–H groups in total. The molecule has 0 radical (unpaired) electrons. The van der Waals surface area contributed by atoms with Crippen molar-refractivity contribution in [2.75, 3.05) is 20.3 Å². The first-order chi connectivity index (χ1) is 8.26. The van der Waals surface area contributed by atoms with Crippen LogP contribution in [0.4, 0.5) is 0 Å². The van der Waals surface area contributed by atoms with E-state index in [0.717, 1.165) is 31.5 Å². The lowest BCUT2D eigenvalue weighted by molar-refractivity contribution is 0.228. The Morgan fingerprint density at radius 1 is 1.47 bits per heavy atom. The van der Waals surface area contributed by atoms with E-state index in [0.29, 0.717) is 11.8 Å². The summed E-state index contributed by atoms with van der Waals surface area (Å²) in [5, 5.41) is 12.2. The van der Waals surface area contributed by atoms with Crippen molar-refractivity contribution < 1.29 is 9.84 Å². The zero-order valence-electron chi connectivity index (χ0n) is 10.6. The Bertz CT molecular complexity index is 301. The van der Waals surface area contributed by atoms with Crippen molar-refractivity contribution in [3.8, 4) is 5.88 Å². The molecule has 1 atom stereocenters. The molecule has 0 aliphatic rings. The van der Waals surface area contributed by atoms with Crippen LogP contribution in [0.25, 0.3) is 0 Å². The Labute approximate surface area is 103 Å². The minimum atomic E-state index is 0.280. The molecular weight excluding hydrogens is 216 g/mol. The van der Waals surface area contributed by atoms with E-state index < -0.39 is 0 Å². The topological polar surface area (TPSA) is 54.4 Å². The number of aliphatic hydroxyl groups is 1. The van der Waals surface area contributed by atoms with E-state index in [2.05, 4.69) is 17.2 Å². The highest BCUT2D eigenvalue weighted by Gasteiger charge is 1.99. The van der Waals surface area contributed by atoms with E-state index in [-0.39, 0.29) is 6.61 Å². The van der Waals surface area contributed by atoms with Gasteiger partial charge in [0.25, 0.3) is 0 Å². The molecule has 96 valence electrons. The number of ether oxygens (including phenoxy) is 1. The normalized spacial score (nSPS) is 12.4. The molecule has 1 rings (SSSR count). The summed E-state index contributed by atoms with van der Waals surface area (Å²) in [5.74, 6) is 1.05. The molecule has 0 saturated heterocycles. The van der Waals surface area contributed by atoms with Gasteiger partial charge in [0.2, 0.25) is 5.88 Å². The summed E-state index contributed by atoms with van der Waals surface area (Å²) in [4.78, 5) is 4.14. The molecule has 17 heavy (non-hydrogen) atoms. The maximum atomic E-state index is 8.88. The third-order valence-electron chi connectivity index (χ3n) is 2.70. The smallest absolute Gasteiger partial charge is 0.212 e. The first kappa shape index (κ1) is 13.9. The number of nitrogens with one attached hydrogen (secondary N) is 1. The van der Waals surface area contributed by atoms with Gasteiger partial charge in [-0.15, -0.1) is 0 Å². The third-order valence-corrected chi connectivity index (χ3v) is 2.70. The van der Waals surface area contributed by atoms with Crippen LogP contribution in [-0.4, -0.2) is 30.4 Å². The van der Waals surface area contributed by atoms with Gasteiger partial charge in [0, 0.05) is 25.4 Å². The molecule has 4 nitrogen and oxygen atoms in total. The molecule has 1 aromatic rings. The fourth-order valence-corrected chi connectivity index (χ4v) is 1.54. The van der Waals surface area contributed by atoms with Crippen LogP contribution < -0.4 is 10.1 Å². The molecule has 1 aromatic heterocycles. The summed E-state index contributed by atoms with van der Waals surface area (Å²) in [7, 11) is 1.61. The van der Waals surface area contributed by atoms with E-state index >= 15 is 0 Å². The van der Waals surface area contributed by atoms with Gasteiger partial charge in [-0.25, -0.2) is 4.98 Å². The van der Waals surface area contributed by atoms with Crippen molar-refractivity contribution in [1.82, 2.24) is 10.3 Å². The number of pyridine rings is 1. The number of hydrogen-bond acceptors (Lipinski definition) is 4. The third kappa shape index (κ3) is 5.65. The van der Waals surface area contributed by atoms with E-state index in [4.69, 9.17) is 9.84 Å². The second-order valence-corrected chi connectivity index (χ2v) is 4.32. The summed E-state index contributed by atoms with van der Waals surface area (Å²) in [6.07, 6.45) is 3.97. The van der Waals surface area contributed by atoms with E-state index in [1.165, 1.54) is 0 Å². The zero-order chi connectivity index (χ0) is 12.5. The SMILES string of the molecule is COc1ccc(CNCCCC(C)CO)cn1. The summed E-state index contributed by atoms with van der Waals surface area (Å²) >= 11 is 0. The molecule has 0 spiro atoms. The molecule has 0 bridgehead atoms. The minimum Gasteiger partial charge on any atom is -0.481 e. The minimum absolute atomic E-state index is 0.280. The number of methoxy groups -OCH3 is 1. The molecule has 0 aliphatic heterocycles. The average Bonchev–Trinajstić information content (AvgIpc) is 2.38. The van der Waals surface area contributed by atoms with Gasteiger partial charge < -0.3 is 15.2 Å². The lowest BCUT2D eigenvalue weighted by Crippen LogP contribution is -2.16. The number of aromatic nitrogens is 1. The van der Waals surface area contributed by atoms with E-state index in [1.54, 1.807) is 7.11 Å². The van der Waals surface area contributed by atoms with Gasteiger partial charge in [-0.3, -0.25) is 0 Å². The Hall–Kier alpha value is -1.13. The number of rotatable bonds is 8. The molecule has 0 aliphatic carbocycles. The van der Waals surface area contributed by atoms with Crippen molar-refractivity contribution in [2.45, 2.75) is 26.3 Å². The Morgan fingerprint density at radius 3 is 2.88 bits per heavy atom. The van der Waals surface area contributed by atoms with E-state index in [1.807, 2.05) is 18.3 Å². The van der Waals surface area contributed by atoms with E-state index in [9.17, 15) is 0 Å². The number of nitrogens with zero attached hydrogens (tertiary/aromatic N) is 1. The predicted molar refractivity (Wildman–Crippen MR) is 68.0 cm³/mol. The lowest BCUT2D eigenvalue weighted by Gasteiger charge is -2.08. The van der Waals surface area contributed by atoms with Crippen molar-refractivity contribution in [1.29, 1.82) is 0 Å². The first-order valence-corrected chi connectivity index (χ1v) is 6.06. The van der Waals surface area contributed by atoms with Crippen LogP contribution in [-0.2, 0) is 6.54 Å². The second-order valence-electron chi connectivity index (χ2n) is 4.32. The standard InChI is InChI=1S/C13H22N2O2/c1-11(10-16)4-3-7-14-8-12-5-6-13(17-2)15-9-12/h5-6,9,11,14,16H,3-4,7-8,10H2,1-2H3. The zero-order valence-corrected chi connectivity index (χ0v) is 10.6. The molecular formula is C13H22N2O2. The lowest BCUT2D eigenvalue weighted by atomic mass is 10.1. The second kappa shape index (κ2) is 8.03. The fourth-order valence-electron chi connectivity index (χ4n) is 1.54. The van der Waals surface area contributed by atoms with Crippen molar-refractivity contribution in [2.24, 2.45) is 5.92 Å². The van der Waals surface area contributed by atoms with Gasteiger partial charge in [0.05, 0.1) is 7.11 Å². The van der Waals surface area contributed by atoms with Gasteiger partial charge in [0.1, 0.15) is 0 Å². The van der Waals surface area contributed by atoms with Gasteiger partial charge in [-0.1, -0.05) is 13.0 Å². The van der Waals surface area contributed by atoms with Crippen LogP contribution in [0.2, 0.25) is 0 Å². The van der Waals surface area contributed by atoms with Crippen LogP contribution in [0, 0.1) is 5.92 Å². The Kier molecular flexibility index (Phi) is 6.58. The van der Waals surface area contributed by atoms with Gasteiger partial charge >= 0.3 is 0 Å². The maximum Gasteiger partial charge on any atom is 0.212 e. The molecule has 4 heteroatoms. The van der Waals surface area contributed by atoms with Crippen molar-refractivity contribution in [3.05, 3.63) is 23.9 Å². The monoisotopic (exact) mass is 238 g/mol. The molecule has 0 aromatic carbocycles. The summed E-state index contributed by atoms with van der Waals surface area (Å²) in [6.45, 7) is 4.14. The highest BCUT2D eigenvalue weighted by atomic mass is 16.5. The Morgan fingerprint density at radius 2 is 2.29 bits per heavy atom. The quantitative estimate of drug-likeness (QED) is 0.675. The van der Waals surface area contributed by atoms with Gasteiger partial charge in [-0.05, 0) is 30.9 Å². The summed E-state index contributed by atoms with van der Waals surface area (Å²) < 4.78 is 5.00. The summed E-state index contributed by atoms with van der Waals surface area (Å²) in [5.41, 5.74) is 1.15. The average molecular weight is 238 g/mol. The molecule has 0 fully saturated rings. The maximum absolute atomic E-state index is 8.88. The van der Waals surface area contributed by atoms with Gasteiger partial charge in [-0.2, -0.15) is 0 Å². The van der Waals surface area contributed by atoms with Gasteiger partial charge in [0.15, 0.2) is 0 Å². The van der Waals surface area contributed by atoms with Crippen LogP contribution in [0.1, 0.15) is 25.3 Å². The highest BCUT2D eigenvalue weighted by Crippen LogP contribution is 2.06. The van der Waals surface area contributed by atoms with Crippen LogP contribution in [0.5, 0.6) is 5.88 Å². The highest BCUT2D eigenvalue weighted by molar-refractivity contribution is 5.17. The van der Waals surface area contributed by atoms with Crippen LogP contribution >= 0.6 is 0 Å². The number of aliphatic hydroxyl groups excluding tert-OH is 1. The Balaban J connectivity index is 2.13. The first-order valence-electron chi connectivity index (χ1n) is 6.06. The van der Waals surface area contributed by atoms with Crippen molar-refractivity contribution >= 4 is 0 Å². The fraction of sp³-hybridized carbons (Fsp3) is 0.615. The van der Waals surface area contributed by atoms with Crippen LogP contribution in [0.3, 0.4) is 0 Å². The largest absolute Gasteiger partial charge is 0.481 e. The number of hydrogen-bond donors (Lipinski definition) is 2. The van der Waals surface area contributed by atoms with Crippen molar-refractivity contribution in [3.63, 3.8) is 0 Å².